The second-order valence-corrected chi connectivity index (χ2v) is 13.5. The van der Waals surface area contributed by atoms with Crippen molar-refractivity contribution < 1.29 is 47.1 Å². The third-order valence-corrected chi connectivity index (χ3v) is 9.31. The van der Waals surface area contributed by atoms with Crippen molar-refractivity contribution in [2.75, 3.05) is 155 Å². The molecule has 0 atom stereocenters. The van der Waals surface area contributed by atoms with Gasteiger partial charge in [0.15, 0.2) is 17.0 Å². The van der Waals surface area contributed by atoms with Crippen LogP contribution in [0.4, 0.5) is 17.7 Å². The Morgan fingerprint density at radius 3 is 1.77 bits per heavy atom. The van der Waals surface area contributed by atoms with Crippen LogP contribution in [0.5, 0.6) is 0 Å². The van der Waals surface area contributed by atoms with Gasteiger partial charge in [0.05, 0.1) is 118 Å². The van der Waals surface area contributed by atoms with Crippen LogP contribution in [0.3, 0.4) is 0 Å². The average Bonchev–Trinajstić information content (AvgIpc) is 3.87. The number of aromatic nitrogens is 7. The molecule has 1 aliphatic heterocycles. The van der Waals surface area contributed by atoms with Crippen LogP contribution in [-0.2, 0) is 42.7 Å². The molecule has 0 radical (unpaired) electrons. The maximum Gasteiger partial charge on any atom is 0.292 e. The lowest BCUT2D eigenvalue weighted by atomic mass is 10.1. The quantitative estimate of drug-likeness (QED) is 0.0559. The molecule has 1 saturated heterocycles. The summed E-state index contributed by atoms with van der Waals surface area (Å²) in [5, 5.41) is 5.43. The number of anilines is 3. The van der Waals surface area contributed by atoms with Gasteiger partial charge in [-0.15, -0.1) is 0 Å². The first kappa shape index (κ1) is 45.4. The van der Waals surface area contributed by atoms with Crippen molar-refractivity contribution in [1.29, 1.82) is 0 Å². The molecule has 1 amide bonds. The van der Waals surface area contributed by atoms with E-state index in [-0.39, 0.29) is 17.7 Å². The number of nitrogens with two attached hydrogens (primary N) is 3. The van der Waals surface area contributed by atoms with Crippen LogP contribution in [0.15, 0.2) is 41.3 Å². The Morgan fingerprint density at radius 1 is 0.639 bits per heavy atom. The first-order valence-electron chi connectivity index (χ1n) is 20.3. The summed E-state index contributed by atoms with van der Waals surface area (Å²) >= 11 is 0. The van der Waals surface area contributed by atoms with Gasteiger partial charge < -0.3 is 69.3 Å². The smallest absolute Gasteiger partial charge is 0.292 e. The number of nitrogens with zero attached hydrogens (tertiary/aromatic N) is 9. The van der Waals surface area contributed by atoms with Crippen molar-refractivity contribution in [3.8, 4) is 17.1 Å². The van der Waals surface area contributed by atoms with E-state index in [1.54, 1.807) is 10.7 Å². The molecule has 4 aromatic heterocycles. The molecule has 0 saturated carbocycles. The third-order valence-electron chi connectivity index (χ3n) is 9.31. The van der Waals surface area contributed by atoms with E-state index in [2.05, 4.69) is 29.8 Å². The fraction of sp³-hybridized carbons (Fsp3) is 0.564. The maximum atomic E-state index is 12.9. The lowest BCUT2D eigenvalue weighted by Crippen LogP contribution is -2.49. The number of hydrogen-bond donors (Lipinski definition) is 3. The molecule has 22 nitrogen and oxygen atoms in total. The predicted octanol–water partition coefficient (Wildman–Crippen LogP) is 0.708. The second-order valence-electron chi connectivity index (χ2n) is 13.5. The Morgan fingerprint density at radius 2 is 1.18 bits per heavy atom. The molecule has 0 aliphatic carbocycles. The molecule has 0 spiro atoms. The first-order chi connectivity index (χ1) is 30.0. The second kappa shape index (κ2) is 24.9. The van der Waals surface area contributed by atoms with E-state index < -0.39 is 0 Å². The molecular formula is C39H56N12O10. The summed E-state index contributed by atoms with van der Waals surface area (Å²) in [6.45, 7) is 10.4. The molecule has 61 heavy (non-hydrogen) atoms. The molecule has 0 bridgehead atoms. The van der Waals surface area contributed by atoms with Crippen molar-refractivity contribution in [1.82, 2.24) is 39.6 Å². The highest BCUT2D eigenvalue weighted by Gasteiger charge is 2.24. The molecule has 332 valence electrons. The Labute approximate surface area is 352 Å². The number of carbonyl (C=O) groups is 1. The van der Waals surface area contributed by atoms with Crippen molar-refractivity contribution in [2.45, 2.75) is 6.42 Å². The summed E-state index contributed by atoms with van der Waals surface area (Å²) in [5.41, 5.74) is 20.4. The zero-order valence-electron chi connectivity index (χ0n) is 34.4. The fourth-order valence-corrected chi connectivity index (χ4v) is 6.28. The van der Waals surface area contributed by atoms with E-state index in [1.165, 1.54) is 12.7 Å². The number of benzene rings is 1. The summed E-state index contributed by atoms with van der Waals surface area (Å²) in [6, 6.07) is 7.36. The molecule has 1 fully saturated rings. The fourth-order valence-electron chi connectivity index (χ4n) is 6.28. The summed E-state index contributed by atoms with van der Waals surface area (Å²) in [4.78, 5) is 38.8. The molecule has 6 rings (SSSR count). The van der Waals surface area contributed by atoms with Crippen LogP contribution in [0.2, 0.25) is 0 Å². The van der Waals surface area contributed by atoms with E-state index in [0.717, 1.165) is 5.56 Å². The van der Waals surface area contributed by atoms with Crippen LogP contribution >= 0.6 is 0 Å². The molecule has 22 heteroatoms. The zero-order valence-corrected chi connectivity index (χ0v) is 34.4. The molecular weight excluding hydrogens is 797 g/mol. The number of oxazole rings is 1. The van der Waals surface area contributed by atoms with Crippen molar-refractivity contribution in [3.63, 3.8) is 0 Å². The van der Waals surface area contributed by atoms with Crippen LogP contribution in [0.1, 0.15) is 6.42 Å². The third kappa shape index (κ3) is 13.9. The predicted molar refractivity (Wildman–Crippen MR) is 223 cm³/mol. The van der Waals surface area contributed by atoms with Gasteiger partial charge in [0.1, 0.15) is 35.5 Å². The SMILES string of the molecule is NCCOCCOCCOCCOCCOCCOCCOCCOCCC(=O)N1CCN(c2cc(-n3nc(-c4ccc5oc(N)nc5c4)c4c(N)ncnc43)ncn2)CC1. The molecule has 0 unspecified atom stereocenters. The van der Waals surface area contributed by atoms with Gasteiger partial charge in [-0.25, -0.2) is 19.9 Å². The van der Waals surface area contributed by atoms with Gasteiger partial charge in [-0.2, -0.15) is 14.8 Å². The van der Waals surface area contributed by atoms with Gasteiger partial charge >= 0.3 is 0 Å². The zero-order chi connectivity index (χ0) is 42.5. The number of ether oxygens (including phenoxy) is 8. The van der Waals surface area contributed by atoms with E-state index in [9.17, 15) is 4.79 Å². The number of fused-ring (bicyclic) bond motifs is 2. The van der Waals surface area contributed by atoms with Gasteiger partial charge in [0.2, 0.25) is 5.91 Å². The number of hydrogen-bond acceptors (Lipinski definition) is 20. The Balaban J connectivity index is 0.792. The van der Waals surface area contributed by atoms with Crippen molar-refractivity contribution >= 4 is 45.7 Å². The lowest BCUT2D eigenvalue weighted by Gasteiger charge is -2.35. The Hall–Kier alpha value is -5.17. The monoisotopic (exact) mass is 852 g/mol. The van der Waals surface area contributed by atoms with Crippen LogP contribution in [0.25, 0.3) is 39.2 Å². The largest absolute Gasteiger partial charge is 0.424 e. The number of nitrogen functional groups attached to an aromatic ring is 2. The van der Waals surface area contributed by atoms with E-state index in [1.807, 2.05) is 23.1 Å². The van der Waals surface area contributed by atoms with Crippen LogP contribution in [0, 0.1) is 0 Å². The summed E-state index contributed by atoms with van der Waals surface area (Å²) < 4.78 is 50.8. The van der Waals surface area contributed by atoms with Gasteiger partial charge in [-0.1, -0.05) is 0 Å². The number of amides is 1. The van der Waals surface area contributed by atoms with Crippen LogP contribution in [-0.4, -0.2) is 184 Å². The van der Waals surface area contributed by atoms with Gasteiger partial charge in [0, 0.05) is 44.4 Å². The summed E-state index contributed by atoms with van der Waals surface area (Å²) in [5.74, 6) is 1.51. The van der Waals surface area contributed by atoms with Gasteiger partial charge in [-0.05, 0) is 18.2 Å². The highest BCUT2D eigenvalue weighted by Crippen LogP contribution is 2.33. The number of carbonyl (C=O) groups excluding carboxylic acids is 1. The number of rotatable bonds is 29. The van der Waals surface area contributed by atoms with E-state index in [0.29, 0.717) is 184 Å². The minimum Gasteiger partial charge on any atom is -0.424 e. The Kier molecular flexibility index (Phi) is 18.5. The van der Waals surface area contributed by atoms with E-state index in [4.69, 9.17) is 64.6 Å². The summed E-state index contributed by atoms with van der Waals surface area (Å²) in [7, 11) is 0. The standard InChI is InChI=1S/C39H56N12O10/c40-4-10-54-12-14-56-16-18-58-20-22-60-24-23-59-21-19-57-17-15-55-13-11-53-9-3-34(52)50-7-5-49(6-8-50)32-26-33(44-27-43-32)51-38-35(37(41)45-28-46-38)36(48-51)29-1-2-31-30(25-29)47-39(42)61-31/h1-2,25-28H,3-24,40H2,(H2,42,47)(H2,41,45,46). The highest BCUT2D eigenvalue weighted by atomic mass is 16.6. The minimum atomic E-state index is 0.0397. The van der Waals surface area contributed by atoms with Crippen molar-refractivity contribution in [3.05, 3.63) is 36.9 Å². The molecule has 1 aromatic carbocycles. The molecule has 5 heterocycles. The van der Waals surface area contributed by atoms with Crippen molar-refractivity contribution in [2.24, 2.45) is 5.73 Å². The topological polar surface area (TPSA) is 271 Å². The molecule has 5 aromatic rings. The highest BCUT2D eigenvalue weighted by molar-refractivity contribution is 6.00. The van der Waals surface area contributed by atoms with Gasteiger partial charge in [-0.3, -0.25) is 4.79 Å². The Bertz CT molecular complexity index is 2060. The average molecular weight is 853 g/mol. The maximum absolute atomic E-state index is 12.9. The summed E-state index contributed by atoms with van der Waals surface area (Å²) in [6.07, 6.45) is 3.16. The first-order valence-corrected chi connectivity index (χ1v) is 20.3. The minimum absolute atomic E-state index is 0.0397. The lowest BCUT2D eigenvalue weighted by molar-refractivity contribution is -0.132. The van der Waals surface area contributed by atoms with E-state index >= 15 is 0 Å². The molecule has 1 aliphatic rings. The number of piperazine rings is 1. The van der Waals surface area contributed by atoms with Gasteiger partial charge in [0.25, 0.3) is 6.01 Å². The van der Waals surface area contributed by atoms with Crippen LogP contribution < -0.4 is 22.1 Å². The normalized spacial score (nSPS) is 13.3. The molecule has 6 N–H and O–H groups in total.